The fourth-order valence-corrected chi connectivity index (χ4v) is 3.15. The van der Waals surface area contributed by atoms with Gasteiger partial charge in [-0.25, -0.2) is 4.98 Å². The molecule has 0 saturated heterocycles. The summed E-state index contributed by atoms with van der Waals surface area (Å²) in [5.41, 5.74) is 9.26. The summed E-state index contributed by atoms with van der Waals surface area (Å²) in [6, 6.07) is 5.73. The highest BCUT2D eigenvalue weighted by molar-refractivity contribution is 5.80. The van der Waals surface area contributed by atoms with Crippen LogP contribution in [0.3, 0.4) is 0 Å². The minimum absolute atomic E-state index is 0.399. The number of anilines is 2. The lowest BCUT2D eigenvalue weighted by Gasteiger charge is -2.04. The van der Waals surface area contributed by atoms with Crippen molar-refractivity contribution in [3.63, 3.8) is 0 Å². The van der Waals surface area contributed by atoms with Crippen molar-refractivity contribution >= 4 is 22.7 Å². The minimum atomic E-state index is 0.399. The number of aromatic nitrogens is 2. The number of nitrogens with zero attached hydrogens (tertiary/aromatic N) is 1. The van der Waals surface area contributed by atoms with E-state index in [1.807, 2.05) is 18.2 Å². The number of nitrogen functional groups attached to an aromatic ring is 1. The van der Waals surface area contributed by atoms with Crippen molar-refractivity contribution in [2.24, 2.45) is 16.7 Å². The lowest BCUT2D eigenvalue weighted by molar-refractivity contribution is 0.457. The van der Waals surface area contributed by atoms with Gasteiger partial charge in [-0.15, -0.1) is 0 Å². The van der Waals surface area contributed by atoms with Crippen LogP contribution in [0.1, 0.15) is 27.7 Å². The number of benzene rings is 1. The largest absolute Gasteiger partial charge is 0.399 e. The molecule has 2 aromatic rings. The first-order valence-corrected chi connectivity index (χ1v) is 6.81. The second-order valence-electron chi connectivity index (χ2n) is 6.74. The monoisotopic (exact) mass is 258 g/mol. The van der Waals surface area contributed by atoms with E-state index in [9.17, 15) is 0 Å². The number of H-pyrrole nitrogens is 1. The maximum Gasteiger partial charge on any atom is 0.201 e. The van der Waals surface area contributed by atoms with Crippen molar-refractivity contribution in [3.8, 4) is 0 Å². The van der Waals surface area contributed by atoms with E-state index in [2.05, 4.69) is 43.0 Å². The number of imidazole rings is 1. The molecule has 0 unspecified atom stereocenters. The number of hydrogen-bond acceptors (Lipinski definition) is 3. The van der Waals surface area contributed by atoms with Crippen molar-refractivity contribution in [1.82, 2.24) is 9.97 Å². The van der Waals surface area contributed by atoms with Crippen LogP contribution >= 0.6 is 0 Å². The number of fused-ring (bicyclic) bond motifs is 1. The third kappa shape index (κ3) is 1.78. The van der Waals surface area contributed by atoms with Gasteiger partial charge < -0.3 is 16.0 Å². The minimum Gasteiger partial charge on any atom is -0.399 e. The zero-order chi connectivity index (χ0) is 13.8. The fraction of sp³-hybridized carbons (Fsp3) is 0.533. The van der Waals surface area contributed by atoms with Gasteiger partial charge in [-0.3, -0.25) is 0 Å². The highest BCUT2D eigenvalue weighted by atomic mass is 15.1. The topological polar surface area (TPSA) is 66.7 Å². The molecular weight excluding hydrogens is 236 g/mol. The Hall–Kier alpha value is -1.71. The molecule has 1 aliphatic carbocycles. The molecule has 4 heteroatoms. The second-order valence-corrected chi connectivity index (χ2v) is 6.74. The standard InChI is InChI=1S/C15H22N4/c1-14(2)12(15(14,3)4)8-17-13-18-10-6-5-9(16)7-11(10)19-13/h5-7,12H,8,16H2,1-4H3,(H2,17,18,19). The third-order valence-corrected chi connectivity index (χ3v) is 5.30. The molecule has 1 saturated carbocycles. The first kappa shape index (κ1) is 12.3. The van der Waals surface area contributed by atoms with Gasteiger partial charge in [0, 0.05) is 12.2 Å². The molecule has 4 nitrogen and oxygen atoms in total. The number of nitrogens with two attached hydrogens (primary N) is 1. The molecule has 0 radical (unpaired) electrons. The Bertz CT molecular complexity index is 610. The second kappa shape index (κ2) is 3.65. The summed E-state index contributed by atoms with van der Waals surface area (Å²) < 4.78 is 0. The molecule has 1 aromatic heterocycles. The van der Waals surface area contributed by atoms with Crippen molar-refractivity contribution in [2.45, 2.75) is 27.7 Å². The summed E-state index contributed by atoms with van der Waals surface area (Å²) in [6.07, 6.45) is 0. The molecule has 1 aromatic carbocycles. The number of nitrogens with one attached hydrogen (secondary N) is 2. The van der Waals surface area contributed by atoms with E-state index in [1.54, 1.807) is 0 Å². The molecule has 0 aliphatic heterocycles. The van der Waals surface area contributed by atoms with Crippen molar-refractivity contribution in [1.29, 1.82) is 0 Å². The van der Waals surface area contributed by atoms with Crippen LogP contribution in [-0.4, -0.2) is 16.5 Å². The first-order chi connectivity index (χ1) is 8.82. The van der Waals surface area contributed by atoms with Gasteiger partial charge in [0.25, 0.3) is 0 Å². The molecule has 1 aliphatic rings. The highest BCUT2D eigenvalue weighted by Crippen LogP contribution is 2.68. The lowest BCUT2D eigenvalue weighted by atomic mass is 10.0. The quantitative estimate of drug-likeness (QED) is 0.740. The van der Waals surface area contributed by atoms with Crippen LogP contribution in [0.25, 0.3) is 11.0 Å². The van der Waals surface area contributed by atoms with Crippen LogP contribution in [0.4, 0.5) is 11.6 Å². The van der Waals surface area contributed by atoms with Gasteiger partial charge in [0.1, 0.15) is 0 Å². The Morgan fingerprint density at radius 2 is 1.95 bits per heavy atom. The van der Waals surface area contributed by atoms with E-state index in [4.69, 9.17) is 5.73 Å². The van der Waals surface area contributed by atoms with Crippen LogP contribution in [0.2, 0.25) is 0 Å². The van der Waals surface area contributed by atoms with Crippen LogP contribution in [-0.2, 0) is 0 Å². The first-order valence-electron chi connectivity index (χ1n) is 6.81. The molecule has 1 fully saturated rings. The van der Waals surface area contributed by atoms with Crippen LogP contribution in [0, 0.1) is 16.7 Å². The maximum atomic E-state index is 5.77. The summed E-state index contributed by atoms with van der Waals surface area (Å²) in [5, 5.41) is 3.42. The Kier molecular flexibility index (Phi) is 2.37. The van der Waals surface area contributed by atoms with E-state index in [-0.39, 0.29) is 0 Å². The third-order valence-electron chi connectivity index (χ3n) is 5.30. The molecular formula is C15H22N4. The molecule has 3 rings (SSSR count). The molecule has 0 amide bonds. The Labute approximate surface area is 113 Å². The molecule has 0 spiro atoms. The van der Waals surface area contributed by atoms with Gasteiger partial charge in [-0.05, 0) is 34.9 Å². The van der Waals surface area contributed by atoms with E-state index in [1.165, 1.54) is 0 Å². The molecule has 4 N–H and O–H groups in total. The van der Waals surface area contributed by atoms with E-state index in [0.29, 0.717) is 16.7 Å². The van der Waals surface area contributed by atoms with Crippen LogP contribution in [0.15, 0.2) is 18.2 Å². The van der Waals surface area contributed by atoms with Gasteiger partial charge in [0.05, 0.1) is 11.0 Å². The highest BCUT2D eigenvalue weighted by Gasteiger charge is 2.64. The maximum absolute atomic E-state index is 5.77. The average molecular weight is 258 g/mol. The summed E-state index contributed by atoms with van der Waals surface area (Å²) in [4.78, 5) is 7.80. The summed E-state index contributed by atoms with van der Waals surface area (Å²) in [7, 11) is 0. The van der Waals surface area contributed by atoms with E-state index in [0.717, 1.165) is 29.2 Å². The molecule has 102 valence electrons. The zero-order valence-corrected chi connectivity index (χ0v) is 12.0. The van der Waals surface area contributed by atoms with Gasteiger partial charge in [0.2, 0.25) is 5.95 Å². The predicted molar refractivity (Wildman–Crippen MR) is 80.0 cm³/mol. The SMILES string of the molecule is CC1(C)C(CNc2nc3ccc(N)cc3[nH]2)C1(C)C. The summed E-state index contributed by atoms with van der Waals surface area (Å²) >= 11 is 0. The predicted octanol–water partition coefficient (Wildman–Crippen LogP) is 3.24. The van der Waals surface area contributed by atoms with Gasteiger partial charge in [-0.1, -0.05) is 27.7 Å². The van der Waals surface area contributed by atoms with Crippen LogP contribution in [0.5, 0.6) is 0 Å². The number of aromatic amines is 1. The van der Waals surface area contributed by atoms with Gasteiger partial charge >= 0.3 is 0 Å². The van der Waals surface area contributed by atoms with Crippen LogP contribution < -0.4 is 11.1 Å². The summed E-state index contributed by atoms with van der Waals surface area (Å²) in [5.74, 6) is 1.51. The Morgan fingerprint density at radius 1 is 1.26 bits per heavy atom. The van der Waals surface area contributed by atoms with E-state index >= 15 is 0 Å². The normalized spacial score (nSPS) is 20.6. The Morgan fingerprint density at radius 3 is 2.58 bits per heavy atom. The molecule has 19 heavy (non-hydrogen) atoms. The average Bonchev–Trinajstić information content (AvgIpc) is 2.63. The van der Waals surface area contributed by atoms with Crippen molar-refractivity contribution in [2.75, 3.05) is 17.6 Å². The van der Waals surface area contributed by atoms with Gasteiger partial charge in [-0.2, -0.15) is 0 Å². The fourth-order valence-electron chi connectivity index (χ4n) is 3.15. The summed E-state index contributed by atoms with van der Waals surface area (Å²) in [6.45, 7) is 10.3. The lowest BCUT2D eigenvalue weighted by Crippen LogP contribution is -2.09. The van der Waals surface area contributed by atoms with Gasteiger partial charge in [0.15, 0.2) is 0 Å². The smallest absolute Gasteiger partial charge is 0.201 e. The zero-order valence-electron chi connectivity index (χ0n) is 12.0. The van der Waals surface area contributed by atoms with E-state index < -0.39 is 0 Å². The molecule has 1 heterocycles. The van der Waals surface area contributed by atoms with Crippen molar-refractivity contribution < 1.29 is 0 Å². The number of rotatable bonds is 3. The van der Waals surface area contributed by atoms with Crippen molar-refractivity contribution in [3.05, 3.63) is 18.2 Å². The molecule has 0 bridgehead atoms. The Balaban J connectivity index is 1.73. The molecule has 0 atom stereocenters. The number of hydrogen-bond donors (Lipinski definition) is 3.